The van der Waals surface area contributed by atoms with E-state index in [-0.39, 0.29) is 0 Å². The summed E-state index contributed by atoms with van der Waals surface area (Å²) in [5.41, 5.74) is 9.54. The molecule has 0 spiro atoms. The highest BCUT2D eigenvalue weighted by Gasteiger charge is 2.11. The average Bonchev–Trinajstić information content (AvgIpc) is 2.76. The summed E-state index contributed by atoms with van der Waals surface area (Å²) >= 11 is 1.59. The molecule has 96 valence electrons. The molecule has 3 rings (SSSR count). The van der Waals surface area contributed by atoms with Gasteiger partial charge in [0.1, 0.15) is 16.8 Å². The molecular formula is C14H13N3OS. The topological polar surface area (TPSA) is 61.0 Å². The van der Waals surface area contributed by atoms with E-state index in [9.17, 15) is 0 Å². The first-order valence-electron chi connectivity index (χ1n) is 5.88. The molecular weight excluding hydrogens is 258 g/mol. The lowest BCUT2D eigenvalue weighted by atomic mass is 10.2. The molecule has 2 aromatic heterocycles. The van der Waals surface area contributed by atoms with Crippen LogP contribution < -0.4 is 10.5 Å². The highest BCUT2D eigenvalue weighted by Crippen LogP contribution is 2.34. The van der Waals surface area contributed by atoms with E-state index in [1.807, 2.05) is 32.0 Å². The number of fused-ring (bicyclic) bond motifs is 1. The van der Waals surface area contributed by atoms with Crippen LogP contribution in [0.25, 0.3) is 10.2 Å². The molecule has 0 atom stereocenters. The van der Waals surface area contributed by atoms with E-state index in [4.69, 9.17) is 10.5 Å². The average molecular weight is 271 g/mol. The van der Waals surface area contributed by atoms with Gasteiger partial charge in [0.05, 0.1) is 5.52 Å². The van der Waals surface area contributed by atoms with Crippen molar-refractivity contribution in [1.29, 1.82) is 0 Å². The molecule has 0 aliphatic heterocycles. The monoisotopic (exact) mass is 271 g/mol. The molecule has 1 aromatic carbocycles. The van der Waals surface area contributed by atoms with E-state index < -0.39 is 0 Å². The minimum atomic E-state index is 0.593. The van der Waals surface area contributed by atoms with Gasteiger partial charge in [-0.3, -0.25) is 0 Å². The van der Waals surface area contributed by atoms with E-state index >= 15 is 0 Å². The second-order valence-corrected chi connectivity index (χ2v) is 5.28. The second kappa shape index (κ2) is 4.51. The number of nitrogens with zero attached hydrogens (tertiary/aromatic N) is 2. The SMILES string of the molecule is Cc1cc(N)ccc1Oc1ncnc2c(C)csc12. The van der Waals surface area contributed by atoms with Crippen LogP contribution in [0.3, 0.4) is 0 Å². The van der Waals surface area contributed by atoms with Crippen LogP contribution in [0, 0.1) is 13.8 Å². The standard InChI is InChI=1S/C14H13N3OS/c1-8-5-10(15)3-4-11(8)18-14-13-12(16-7-17-14)9(2)6-19-13/h3-7H,15H2,1-2H3. The smallest absolute Gasteiger partial charge is 0.240 e. The number of aryl methyl sites for hydroxylation is 2. The third-order valence-electron chi connectivity index (χ3n) is 2.90. The molecule has 19 heavy (non-hydrogen) atoms. The van der Waals surface area contributed by atoms with Crippen molar-refractivity contribution in [3.63, 3.8) is 0 Å². The second-order valence-electron chi connectivity index (χ2n) is 4.40. The fraction of sp³-hybridized carbons (Fsp3) is 0.143. The third kappa shape index (κ3) is 2.13. The number of thiophene rings is 1. The van der Waals surface area contributed by atoms with Crippen LogP contribution in [0.2, 0.25) is 0 Å². The molecule has 3 aromatic rings. The summed E-state index contributed by atoms with van der Waals surface area (Å²) in [7, 11) is 0. The molecule has 2 N–H and O–H groups in total. The Morgan fingerprint density at radius 2 is 2.00 bits per heavy atom. The number of nitrogens with two attached hydrogens (primary N) is 1. The Kier molecular flexibility index (Phi) is 2.83. The largest absolute Gasteiger partial charge is 0.437 e. The van der Waals surface area contributed by atoms with E-state index in [0.29, 0.717) is 5.88 Å². The van der Waals surface area contributed by atoms with Crippen molar-refractivity contribution in [3.8, 4) is 11.6 Å². The first-order chi connectivity index (χ1) is 9.15. The number of hydrogen-bond donors (Lipinski definition) is 1. The molecule has 0 amide bonds. The van der Waals surface area contributed by atoms with E-state index in [1.165, 1.54) is 6.33 Å². The van der Waals surface area contributed by atoms with Crippen molar-refractivity contribution in [1.82, 2.24) is 9.97 Å². The van der Waals surface area contributed by atoms with E-state index in [2.05, 4.69) is 15.3 Å². The van der Waals surface area contributed by atoms with Gasteiger partial charge in [-0.25, -0.2) is 9.97 Å². The third-order valence-corrected chi connectivity index (χ3v) is 3.98. The number of benzene rings is 1. The van der Waals surface area contributed by atoms with Crippen LogP contribution in [-0.4, -0.2) is 9.97 Å². The normalized spacial score (nSPS) is 10.8. The van der Waals surface area contributed by atoms with Crippen molar-refractivity contribution in [2.24, 2.45) is 0 Å². The van der Waals surface area contributed by atoms with Crippen molar-refractivity contribution in [3.05, 3.63) is 41.0 Å². The molecule has 0 unspecified atom stereocenters. The fourth-order valence-corrected chi connectivity index (χ4v) is 2.84. The first-order valence-corrected chi connectivity index (χ1v) is 6.76. The number of anilines is 1. The summed E-state index contributed by atoms with van der Waals surface area (Å²) in [6, 6.07) is 5.56. The lowest BCUT2D eigenvalue weighted by Crippen LogP contribution is -1.93. The zero-order chi connectivity index (χ0) is 13.4. The molecule has 4 nitrogen and oxygen atoms in total. The van der Waals surface area contributed by atoms with Crippen LogP contribution in [0.15, 0.2) is 29.9 Å². The summed E-state index contributed by atoms with van der Waals surface area (Å²) in [6.45, 7) is 3.99. The van der Waals surface area contributed by atoms with Crippen LogP contribution in [-0.2, 0) is 0 Å². The predicted octanol–water partition coefficient (Wildman–Crippen LogP) is 3.68. The number of ether oxygens (including phenoxy) is 1. The molecule has 0 aliphatic rings. The molecule has 2 heterocycles. The van der Waals surface area contributed by atoms with Crippen LogP contribution >= 0.6 is 11.3 Å². The predicted molar refractivity (Wildman–Crippen MR) is 77.8 cm³/mol. The Labute approximate surface area is 114 Å². The van der Waals surface area contributed by atoms with E-state index in [0.717, 1.165) is 32.8 Å². The molecule has 0 fully saturated rings. The van der Waals surface area contributed by atoms with Crippen LogP contribution in [0.4, 0.5) is 5.69 Å². The van der Waals surface area contributed by atoms with Gasteiger partial charge in [-0.15, -0.1) is 11.3 Å². The molecule has 0 saturated carbocycles. The molecule has 0 saturated heterocycles. The van der Waals surface area contributed by atoms with Crippen molar-refractivity contribution >= 4 is 27.2 Å². The van der Waals surface area contributed by atoms with Crippen LogP contribution in [0.5, 0.6) is 11.6 Å². The highest BCUT2D eigenvalue weighted by molar-refractivity contribution is 7.17. The van der Waals surface area contributed by atoms with Crippen LogP contribution in [0.1, 0.15) is 11.1 Å². The minimum Gasteiger partial charge on any atom is -0.437 e. The van der Waals surface area contributed by atoms with Gasteiger partial charge in [-0.2, -0.15) is 0 Å². The minimum absolute atomic E-state index is 0.593. The quantitative estimate of drug-likeness (QED) is 0.722. The van der Waals surface area contributed by atoms with Crippen molar-refractivity contribution in [2.75, 3.05) is 5.73 Å². The zero-order valence-corrected chi connectivity index (χ0v) is 11.5. The summed E-state index contributed by atoms with van der Waals surface area (Å²) < 4.78 is 6.86. The Morgan fingerprint density at radius 1 is 1.16 bits per heavy atom. The number of aromatic nitrogens is 2. The van der Waals surface area contributed by atoms with Gasteiger partial charge in [-0.05, 0) is 48.6 Å². The van der Waals surface area contributed by atoms with Gasteiger partial charge < -0.3 is 10.5 Å². The number of rotatable bonds is 2. The highest BCUT2D eigenvalue weighted by atomic mass is 32.1. The first kappa shape index (κ1) is 11.9. The van der Waals surface area contributed by atoms with Gasteiger partial charge in [0.25, 0.3) is 0 Å². The number of hydrogen-bond acceptors (Lipinski definition) is 5. The summed E-state index contributed by atoms with van der Waals surface area (Å²) in [6.07, 6.45) is 1.53. The van der Waals surface area contributed by atoms with Gasteiger partial charge in [0.15, 0.2) is 0 Å². The Hall–Kier alpha value is -2.14. The molecule has 0 aliphatic carbocycles. The van der Waals surface area contributed by atoms with E-state index in [1.54, 1.807) is 11.3 Å². The zero-order valence-electron chi connectivity index (χ0n) is 10.7. The lowest BCUT2D eigenvalue weighted by Gasteiger charge is -2.08. The van der Waals surface area contributed by atoms with Crippen molar-refractivity contribution in [2.45, 2.75) is 13.8 Å². The Balaban J connectivity index is 2.06. The maximum Gasteiger partial charge on any atom is 0.240 e. The summed E-state index contributed by atoms with van der Waals surface area (Å²) in [5.74, 6) is 1.36. The summed E-state index contributed by atoms with van der Waals surface area (Å²) in [4.78, 5) is 8.50. The Bertz CT molecular complexity index is 752. The van der Waals surface area contributed by atoms with Gasteiger partial charge >= 0.3 is 0 Å². The fourth-order valence-electron chi connectivity index (χ4n) is 1.91. The van der Waals surface area contributed by atoms with Gasteiger partial charge in [0.2, 0.25) is 5.88 Å². The maximum atomic E-state index is 5.89. The Morgan fingerprint density at radius 3 is 2.79 bits per heavy atom. The van der Waals surface area contributed by atoms with Gasteiger partial charge in [-0.1, -0.05) is 0 Å². The molecule has 0 bridgehead atoms. The molecule has 0 radical (unpaired) electrons. The van der Waals surface area contributed by atoms with Crippen molar-refractivity contribution < 1.29 is 4.74 Å². The summed E-state index contributed by atoms with van der Waals surface area (Å²) in [5, 5.41) is 2.06. The van der Waals surface area contributed by atoms with Gasteiger partial charge in [0, 0.05) is 5.69 Å². The number of nitrogen functional groups attached to an aromatic ring is 1. The lowest BCUT2D eigenvalue weighted by molar-refractivity contribution is 0.465. The molecule has 5 heteroatoms. The maximum absolute atomic E-state index is 5.89.